The van der Waals surface area contributed by atoms with E-state index >= 15 is 0 Å². The highest BCUT2D eigenvalue weighted by Crippen LogP contribution is 2.34. The Bertz CT molecular complexity index is 555. The highest BCUT2D eigenvalue weighted by Gasteiger charge is 2.39. The summed E-state index contributed by atoms with van der Waals surface area (Å²) in [5.74, 6) is 0.129. The zero-order valence-corrected chi connectivity index (χ0v) is 10.3. The van der Waals surface area contributed by atoms with E-state index in [-0.39, 0.29) is 11.3 Å². The molecule has 1 aromatic rings. The predicted octanol–water partition coefficient (Wildman–Crippen LogP) is 1.29. The van der Waals surface area contributed by atoms with Gasteiger partial charge in [0.2, 0.25) is 5.91 Å². The van der Waals surface area contributed by atoms with Crippen LogP contribution in [-0.2, 0) is 22.4 Å². The van der Waals surface area contributed by atoms with Crippen molar-refractivity contribution in [3.63, 3.8) is 0 Å². The summed E-state index contributed by atoms with van der Waals surface area (Å²) in [4.78, 5) is 13.3. The number of nitrogens with zero attached hydrogens (tertiary/aromatic N) is 2. The quantitative estimate of drug-likeness (QED) is 0.785. The van der Waals surface area contributed by atoms with Crippen molar-refractivity contribution in [1.82, 2.24) is 0 Å². The van der Waals surface area contributed by atoms with Gasteiger partial charge in [0.25, 0.3) is 0 Å². The van der Waals surface area contributed by atoms with Gasteiger partial charge in [-0.3, -0.25) is 4.79 Å². The van der Waals surface area contributed by atoms with Crippen LogP contribution in [0.5, 0.6) is 0 Å². The van der Waals surface area contributed by atoms with Crippen molar-refractivity contribution in [3.05, 3.63) is 29.3 Å². The van der Waals surface area contributed by atoms with Gasteiger partial charge < -0.3 is 9.64 Å². The van der Waals surface area contributed by atoms with Crippen LogP contribution < -0.4 is 4.90 Å². The molecule has 2 heterocycles. The predicted molar refractivity (Wildman–Crippen MR) is 66.1 cm³/mol. The number of hydrogen-bond acceptors (Lipinski definition) is 3. The number of carbonyl (C=O) groups excluding carboxylic acids is 1. The number of amides is 1. The topological polar surface area (TPSA) is 53.3 Å². The summed E-state index contributed by atoms with van der Waals surface area (Å²) in [6.45, 7) is 1.03. The monoisotopic (exact) mass is 242 g/mol. The molecule has 92 valence electrons. The standard InChI is InChI=1S/C14H14N2O2/c1-16-12-3-2-10(4-11(12)5-13(16)17)6-14(7-15)8-18-9-14/h2-4H,5-6,8-9H2,1H3. The van der Waals surface area contributed by atoms with E-state index in [1.165, 1.54) is 0 Å². The van der Waals surface area contributed by atoms with E-state index in [1.54, 1.807) is 11.9 Å². The molecule has 1 fully saturated rings. The van der Waals surface area contributed by atoms with Gasteiger partial charge in [-0.25, -0.2) is 0 Å². The number of nitriles is 1. The molecule has 0 bridgehead atoms. The van der Waals surface area contributed by atoms with E-state index in [9.17, 15) is 10.1 Å². The molecule has 0 saturated carbocycles. The van der Waals surface area contributed by atoms with Crippen molar-refractivity contribution < 1.29 is 9.53 Å². The number of likely N-dealkylation sites (N-methyl/N-ethyl adjacent to an activating group) is 1. The lowest BCUT2D eigenvalue weighted by atomic mass is 9.81. The van der Waals surface area contributed by atoms with Crippen molar-refractivity contribution >= 4 is 11.6 Å². The summed E-state index contributed by atoms with van der Waals surface area (Å²) in [5.41, 5.74) is 2.80. The van der Waals surface area contributed by atoms with Crippen molar-refractivity contribution in [2.45, 2.75) is 12.8 Å². The third-order valence-electron chi connectivity index (χ3n) is 3.76. The average Bonchev–Trinajstić information content (AvgIpc) is 2.60. The van der Waals surface area contributed by atoms with Gasteiger partial charge in [0, 0.05) is 12.7 Å². The van der Waals surface area contributed by atoms with Gasteiger partial charge in [0.05, 0.1) is 25.7 Å². The first kappa shape index (κ1) is 11.2. The Balaban J connectivity index is 1.86. The number of ether oxygens (including phenoxy) is 1. The first-order valence-electron chi connectivity index (χ1n) is 6.01. The SMILES string of the molecule is CN1C(=O)Cc2cc(CC3(C#N)COC3)ccc21. The fourth-order valence-corrected chi connectivity index (χ4v) is 2.58. The molecule has 1 amide bonds. The molecule has 4 heteroatoms. The lowest BCUT2D eigenvalue weighted by Crippen LogP contribution is -2.43. The molecule has 2 aliphatic heterocycles. The lowest BCUT2D eigenvalue weighted by molar-refractivity contribution is -0.117. The Labute approximate surface area is 106 Å². The zero-order chi connectivity index (χ0) is 12.8. The minimum absolute atomic E-state index is 0.129. The Kier molecular flexibility index (Phi) is 2.39. The fraction of sp³-hybridized carbons (Fsp3) is 0.429. The summed E-state index contributed by atoms with van der Waals surface area (Å²) < 4.78 is 5.14. The van der Waals surface area contributed by atoms with E-state index in [0.29, 0.717) is 26.1 Å². The molecule has 0 atom stereocenters. The van der Waals surface area contributed by atoms with Crippen LogP contribution in [0, 0.1) is 16.7 Å². The molecule has 0 spiro atoms. The molecule has 0 aliphatic carbocycles. The number of rotatable bonds is 2. The molecule has 1 aromatic carbocycles. The van der Waals surface area contributed by atoms with Crippen LogP contribution in [0.2, 0.25) is 0 Å². The Hall–Kier alpha value is -1.86. The van der Waals surface area contributed by atoms with Crippen LogP contribution in [0.25, 0.3) is 0 Å². The molecule has 18 heavy (non-hydrogen) atoms. The maximum absolute atomic E-state index is 11.6. The molecule has 0 unspecified atom stereocenters. The summed E-state index contributed by atoms with van der Waals surface area (Å²) in [6, 6.07) is 8.37. The molecular weight excluding hydrogens is 228 g/mol. The largest absolute Gasteiger partial charge is 0.378 e. The molecule has 3 rings (SSSR count). The number of anilines is 1. The van der Waals surface area contributed by atoms with Crippen LogP contribution in [0.1, 0.15) is 11.1 Å². The first-order chi connectivity index (χ1) is 8.63. The van der Waals surface area contributed by atoms with Crippen LogP contribution in [0.3, 0.4) is 0 Å². The Morgan fingerprint density at radius 1 is 1.50 bits per heavy atom. The summed E-state index contributed by atoms with van der Waals surface area (Å²) in [6.07, 6.45) is 1.17. The highest BCUT2D eigenvalue weighted by molar-refractivity contribution is 6.00. The fourth-order valence-electron chi connectivity index (χ4n) is 2.58. The number of benzene rings is 1. The second kappa shape index (κ2) is 3.82. The van der Waals surface area contributed by atoms with Gasteiger partial charge in [-0.15, -0.1) is 0 Å². The second-order valence-corrected chi connectivity index (χ2v) is 5.15. The minimum Gasteiger partial charge on any atom is -0.378 e. The van der Waals surface area contributed by atoms with Crippen molar-refractivity contribution in [1.29, 1.82) is 5.26 Å². The van der Waals surface area contributed by atoms with Gasteiger partial charge in [0.1, 0.15) is 5.41 Å². The molecule has 0 N–H and O–H groups in total. The first-order valence-corrected chi connectivity index (χ1v) is 6.01. The maximum Gasteiger partial charge on any atom is 0.231 e. The van der Waals surface area contributed by atoms with E-state index in [4.69, 9.17) is 4.74 Å². The van der Waals surface area contributed by atoms with Crippen LogP contribution >= 0.6 is 0 Å². The Morgan fingerprint density at radius 2 is 2.28 bits per heavy atom. The molecule has 0 aromatic heterocycles. The molecule has 4 nitrogen and oxygen atoms in total. The third kappa shape index (κ3) is 1.59. The Morgan fingerprint density at radius 3 is 2.89 bits per heavy atom. The van der Waals surface area contributed by atoms with Gasteiger partial charge in [-0.2, -0.15) is 5.26 Å². The minimum atomic E-state index is -0.358. The molecule has 2 aliphatic rings. The number of hydrogen-bond donors (Lipinski definition) is 0. The van der Waals surface area contributed by atoms with Crippen LogP contribution in [0.15, 0.2) is 18.2 Å². The van der Waals surface area contributed by atoms with E-state index in [1.807, 2.05) is 18.2 Å². The molecule has 1 saturated heterocycles. The number of carbonyl (C=O) groups is 1. The summed E-state index contributed by atoms with van der Waals surface area (Å²) in [5, 5.41) is 9.18. The zero-order valence-electron chi connectivity index (χ0n) is 10.3. The van der Waals surface area contributed by atoms with Gasteiger partial charge in [-0.1, -0.05) is 12.1 Å². The normalized spacial score (nSPS) is 20.2. The lowest BCUT2D eigenvalue weighted by Gasteiger charge is -2.35. The van der Waals surface area contributed by atoms with E-state index in [0.717, 1.165) is 16.8 Å². The maximum atomic E-state index is 11.6. The average molecular weight is 242 g/mol. The smallest absolute Gasteiger partial charge is 0.231 e. The van der Waals surface area contributed by atoms with Gasteiger partial charge >= 0.3 is 0 Å². The van der Waals surface area contributed by atoms with Crippen LogP contribution in [0.4, 0.5) is 5.69 Å². The van der Waals surface area contributed by atoms with Crippen molar-refractivity contribution in [3.8, 4) is 6.07 Å². The van der Waals surface area contributed by atoms with E-state index < -0.39 is 0 Å². The van der Waals surface area contributed by atoms with Gasteiger partial charge in [0.15, 0.2) is 0 Å². The second-order valence-electron chi connectivity index (χ2n) is 5.15. The summed E-state index contributed by atoms with van der Waals surface area (Å²) in [7, 11) is 1.80. The molecular formula is C14H14N2O2. The van der Waals surface area contributed by atoms with E-state index in [2.05, 4.69) is 6.07 Å². The highest BCUT2D eigenvalue weighted by atomic mass is 16.5. The number of fused-ring (bicyclic) bond motifs is 1. The summed E-state index contributed by atoms with van der Waals surface area (Å²) >= 11 is 0. The third-order valence-corrected chi connectivity index (χ3v) is 3.76. The van der Waals surface area contributed by atoms with Gasteiger partial charge in [-0.05, 0) is 23.6 Å². The molecule has 0 radical (unpaired) electrons. The van der Waals surface area contributed by atoms with Crippen LogP contribution in [-0.4, -0.2) is 26.2 Å². The van der Waals surface area contributed by atoms with Crippen molar-refractivity contribution in [2.75, 3.05) is 25.2 Å². The van der Waals surface area contributed by atoms with Crippen molar-refractivity contribution in [2.24, 2.45) is 5.41 Å².